The number of fused-ring (bicyclic) bond motifs is 2. The minimum absolute atomic E-state index is 0.0129. The highest BCUT2D eigenvalue weighted by molar-refractivity contribution is 6.01. The van der Waals surface area contributed by atoms with Gasteiger partial charge in [0.2, 0.25) is 0 Å². The number of carbonyl (C=O) groups excluding carboxylic acids is 5. The number of ether oxygens (including phenoxy) is 4. The summed E-state index contributed by atoms with van der Waals surface area (Å²) in [5, 5.41) is 0.507. The number of rotatable bonds is 8. The molecule has 2 amide bonds. The first-order chi connectivity index (χ1) is 18.4. The van der Waals surface area contributed by atoms with Crippen molar-refractivity contribution in [3.05, 3.63) is 46.5 Å². The second-order valence-corrected chi connectivity index (χ2v) is 9.32. The van der Waals surface area contributed by atoms with Crippen LogP contribution in [0.3, 0.4) is 0 Å². The van der Waals surface area contributed by atoms with Gasteiger partial charge in [0.25, 0.3) is 11.8 Å². The molecule has 39 heavy (non-hydrogen) atoms. The summed E-state index contributed by atoms with van der Waals surface area (Å²) in [4.78, 5) is 65.1. The van der Waals surface area contributed by atoms with Crippen LogP contribution in [0.25, 0.3) is 0 Å². The molecule has 0 atom stereocenters. The second-order valence-electron chi connectivity index (χ2n) is 9.32. The first-order valence-corrected chi connectivity index (χ1v) is 12.5. The number of imide groups is 1. The van der Waals surface area contributed by atoms with Gasteiger partial charge >= 0.3 is 17.9 Å². The third-order valence-corrected chi connectivity index (χ3v) is 6.42. The molecule has 0 N–H and O–H groups in total. The van der Waals surface area contributed by atoms with E-state index in [4.69, 9.17) is 23.8 Å². The predicted octanol–water partition coefficient (Wildman–Crippen LogP) is 3.93. The summed E-state index contributed by atoms with van der Waals surface area (Å²) in [6, 6.07) is 6.66. The molecule has 0 bridgehead atoms. The van der Waals surface area contributed by atoms with Crippen LogP contribution in [0, 0.1) is 13.8 Å². The third-order valence-electron chi connectivity index (χ3n) is 6.42. The van der Waals surface area contributed by atoms with Gasteiger partial charge in [0.15, 0.2) is 0 Å². The standard InChI is InChI=1S/C28H29NO10/c1-6-35-28(10-9-27(34)39-29-25(32)7-8-26(29)33)19-11-15(2)21(36-17(4)30)13-23(19)38-24-14-22(37-18(5)31)16(3)12-20(24)28/h11-14H,6-10H2,1-5H3. The summed E-state index contributed by atoms with van der Waals surface area (Å²) in [5.41, 5.74) is 1.17. The Bertz CT molecular complexity index is 1290. The highest BCUT2D eigenvalue weighted by Gasteiger charge is 2.45. The van der Waals surface area contributed by atoms with Crippen molar-refractivity contribution < 1.29 is 47.8 Å². The maximum atomic E-state index is 12.8. The molecular weight excluding hydrogens is 510 g/mol. The minimum Gasteiger partial charge on any atom is -0.456 e. The zero-order valence-electron chi connectivity index (χ0n) is 22.4. The van der Waals surface area contributed by atoms with Crippen LogP contribution < -0.4 is 14.2 Å². The van der Waals surface area contributed by atoms with Gasteiger partial charge in [-0.1, -0.05) is 0 Å². The molecule has 2 aliphatic heterocycles. The molecule has 206 valence electrons. The largest absolute Gasteiger partial charge is 0.456 e. The highest BCUT2D eigenvalue weighted by atomic mass is 16.7. The highest BCUT2D eigenvalue weighted by Crippen LogP contribution is 2.54. The summed E-state index contributed by atoms with van der Waals surface area (Å²) in [6.07, 6.45) is -0.189. The summed E-state index contributed by atoms with van der Waals surface area (Å²) in [6.45, 7) is 8.14. The molecule has 11 heteroatoms. The van der Waals surface area contributed by atoms with Crippen LogP contribution in [0.4, 0.5) is 0 Å². The lowest BCUT2D eigenvalue weighted by Gasteiger charge is -2.40. The van der Waals surface area contributed by atoms with E-state index in [-0.39, 0.29) is 43.8 Å². The number of nitrogens with zero attached hydrogens (tertiary/aromatic N) is 1. The molecule has 2 aromatic carbocycles. The monoisotopic (exact) mass is 539 g/mol. The quantitative estimate of drug-likeness (QED) is 0.276. The smallest absolute Gasteiger partial charge is 0.333 e. The van der Waals surface area contributed by atoms with E-state index >= 15 is 0 Å². The molecule has 2 heterocycles. The number of hydrogen-bond acceptors (Lipinski definition) is 10. The van der Waals surface area contributed by atoms with Crippen molar-refractivity contribution >= 4 is 29.7 Å². The average Bonchev–Trinajstić information content (AvgIpc) is 3.16. The SMILES string of the molecule is CCOC1(CCC(=O)ON2C(=O)CCC2=O)c2cc(C)c(OC(C)=O)cc2Oc2cc(OC(C)=O)c(C)cc21. The molecule has 2 aliphatic rings. The normalized spacial score (nSPS) is 15.3. The molecular formula is C28H29NO10. The molecule has 2 aromatic rings. The summed E-state index contributed by atoms with van der Waals surface area (Å²) in [7, 11) is 0. The van der Waals surface area contributed by atoms with Crippen LogP contribution in [-0.4, -0.2) is 41.4 Å². The van der Waals surface area contributed by atoms with Gasteiger partial charge in [-0.2, -0.15) is 0 Å². The van der Waals surface area contributed by atoms with E-state index in [1.807, 2.05) is 0 Å². The van der Waals surface area contributed by atoms with Crippen molar-refractivity contribution in [2.75, 3.05) is 6.61 Å². The van der Waals surface area contributed by atoms with Crippen LogP contribution in [0.5, 0.6) is 23.0 Å². The Morgan fingerprint density at radius 3 is 1.79 bits per heavy atom. The van der Waals surface area contributed by atoms with Gasteiger partial charge in [-0.25, -0.2) is 4.79 Å². The molecule has 0 radical (unpaired) electrons. The van der Waals surface area contributed by atoms with E-state index in [1.165, 1.54) is 13.8 Å². The van der Waals surface area contributed by atoms with Gasteiger partial charge in [0.05, 0.1) is 6.42 Å². The zero-order chi connectivity index (χ0) is 28.5. The van der Waals surface area contributed by atoms with Gasteiger partial charge in [-0.3, -0.25) is 19.2 Å². The number of carbonyl (C=O) groups is 5. The fourth-order valence-corrected chi connectivity index (χ4v) is 4.76. The molecule has 0 saturated carbocycles. The lowest BCUT2D eigenvalue weighted by atomic mass is 9.78. The number of hydroxylamine groups is 2. The summed E-state index contributed by atoms with van der Waals surface area (Å²) < 4.78 is 23.3. The van der Waals surface area contributed by atoms with Crippen molar-refractivity contribution in [3.8, 4) is 23.0 Å². The van der Waals surface area contributed by atoms with Gasteiger partial charge in [0, 0.05) is 56.6 Å². The second kappa shape index (κ2) is 10.9. The number of esters is 2. The summed E-state index contributed by atoms with van der Waals surface area (Å²) in [5.74, 6) is -1.75. The van der Waals surface area contributed by atoms with Crippen molar-refractivity contribution in [2.24, 2.45) is 0 Å². The van der Waals surface area contributed by atoms with Gasteiger partial charge in [-0.05, 0) is 50.5 Å². The van der Waals surface area contributed by atoms with Crippen LogP contribution in [-0.2, 0) is 39.1 Å². The van der Waals surface area contributed by atoms with Crippen LogP contribution in [0.1, 0.15) is 68.7 Å². The van der Waals surface area contributed by atoms with Crippen molar-refractivity contribution in [1.29, 1.82) is 0 Å². The maximum Gasteiger partial charge on any atom is 0.333 e. The Kier molecular flexibility index (Phi) is 7.73. The van der Waals surface area contributed by atoms with E-state index in [9.17, 15) is 24.0 Å². The van der Waals surface area contributed by atoms with Gasteiger partial charge in [0.1, 0.15) is 28.6 Å². The molecule has 0 unspecified atom stereocenters. The van der Waals surface area contributed by atoms with Crippen molar-refractivity contribution in [1.82, 2.24) is 5.06 Å². The minimum atomic E-state index is -1.24. The first kappa shape index (κ1) is 27.8. The maximum absolute atomic E-state index is 12.8. The fourth-order valence-electron chi connectivity index (χ4n) is 4.76. The first-order valence-electron chi connectivity index (χ1n) is 12.5. The molecule has 0 aromatic heterocycles. The number of amides is 2. The lowest BCUT2D eigenvalue weighted by Crippen LogP contribution is -2.37. The molecule has 4 rings (SSSR count). The van der Waals surface area contributed by atoms with Crippen LogP contribution in [0.15, 0.2) is 24.3 Å². The van der Waals surface area contributed by atoms with Crippen LogP contribution in [0.2, 0.25) is 0 Å². The number of hydrogen-bond donors (Lipinski definition) is 0. The Morgan fingerprint density at radius 1 is 0.872 bits per heavy atom. The van der Waals surface area contributed by atoms with E-state index in [0.717, 1.165) is 0 Å². The number of benzene rings is 2. The number of aryl methyl sites for hydroxylation is 2. The predicted molar refractivity (Wildman–Crippen MR) is 134 cm³/mol. The lowest BCUT2D eigenvalue weighted by molar-refractivity contribution is -0.198. The molecule has 1 fully saturated rings. The molecule has 0 aliphatic carbocycles. The third kappa shape index (κ3) is 5.49. The molecule has 0 spiro atoms. The van der Waals surface area contributed by atoms with E-state index in [2.05, 4.69) is 0 Å². The van der Waals surface area contributed by atoms with E-state index < -0.39 is 35.3 Å². The van der Waals surface area contributed by atoms with E-state index in [0.29, 0.717) is 38.8 Å². The van der Waals surface area contributed by atoms with Gasteiger partial charge in [-0.15, -0.1) is 5.06 Å². The van der Waals surface area contributed by atoms with Crippen molar-refractivity contribution in [3.63, 3.8) is 0 Å². The van der Waals surface area contributed by atoms with Crippen LogP contribution >= 0.6 is 0 Å². The topological polar surface area (TPSA) is 135 Å². The van der Waals surface area contributed by atoms with Crippen molar-refractivity contribution in [2.45, 2.75) is 65.9 Å². The Labute approximate surface area is 224 Å². The zero-order valence-corrected chi connectivity index (χ0v) is 22.4. The van der Waals surface area contributed by atoms with Gasteiger partial charge < -0.3 is 23.8 Å². The molecule has 1 saturated heterocycles. The average molecular weight is 540 g/mol. The molecule has 11 nitrogen and oxygen atoms in total. The van der Waals surface area contributed by atoms with E-state index in [1.54, 1.807) is 45.0 Å². The fraction of sp³-hybridized carbons (Fsp3) is 0.393. The Morgan fingerprint density at radius 2 is 1.36 bits per heavy atom. The Balaban J connectivity index is 1.80. The summed E-state index contributed by atoms with van der Waals surface area (Å²) >= 11 is 0. The Hall–Kier alpha value is -4.25.